The number of carbonyl (C=O) groups is 5. The predicted octanol–water partition coefficient (Wildman–Crippen LogP) is 4.83. The quantitative estimate of drug-likeness (QED) is 0.141. The van der Waals surface area contributed by atoms with Crippen LogP contribution in [-0.2, 0) is 61.9 Å². The topological polar surface area (TPSA) is 220 Å². The van der Waals surface area contributed by atoms with E-state index >= 15 is 0 Å². The first-order chi connectivity index (χ1) is 28.2. The first-order valence-electron chi connectivity index (χ1n) is 21.2. The average Bonchev–Trinajstić information content (AvgIpc) is 3.14. The normalized spacial score (nSPS) is 35.8. The molecular formula is C45H68O16. The Balaban J connectivity index is 1.84. The van der Waals surface area contributed by atoms with E-state index in [0.29, 0.717) is 11.1 Å². The highest BCUT2D eigenvalue weighted by atomic mass is 16.7. The van der Waals surface area contributed by atoms with Gasteiger partial charge in [0.25, 0.3) is 0 Å². The highest BCUT2D eigenvalue weighted by Crippen LogP contribution is 2.50. The summed E-state index contributed by atoms with van der Waals surface area (Å²) in [5.74, 6) is -7.08. The van der Waals surface area contributed by atoms with Crippen LogP contribution < -0.4 is 0 Å². The zero-order chi connectivity index (χ0) is 45.7. The molecule has 4 aliphatic rings. The Morgan fingerprint density at radius 1 is 0.869 bits per heavy atom. The maximum absolute atomic E-state index is 13.6. The van der Waals surface area contributed by atoms with E-state index in [-0.39, 0.29) is 57.8 Å². The van der Waals surface area contributed by atoms with Crippen molar-refractivity contribution < 1.29 is 77.2 Å². The summed E-state index contributed by atoms with van der Waals surface area (Å²) in [5, 5.41) is 36.4. The van der Waals surface area contributed by atoms with E-state index in [1.807, 2.05) is 0 Å². The second kappa shape index (κ2) is 19.8. The third-order valence-corrected chi connectivity index (χ3v) is 12.3. The number of esters is 5. The van der Waals surface area contributed by atoms with Crippen LogP contribution in [0, 0.1) is 16.2 Å². The number of methoxy groups -OCH3 is 2. The molecule has 344 valence electrons. The van der Waals surface area contributed by atoms with Crippen LogP contribution >= 0.6 is 0 Å². The van der Waals surface area contributed by atoms with E-state index < -0.39 is 113 Å². The van der Waals surface area contributed by atoms with Crippen molar-refractivity contribution in [2.45, 2.75) is 187 Å². The molecule has 0 aliphatic carbocycles. The summed E-state index contributed by atoms with van der Waals surface area (Å²) in [4.78, 5) is 64.4. The van der Waals surface area contributed by atoms with Gasteiger partial charge in [0, 0.05) is 56.1 Å². The lowest BCUT2D eigenvalue weighted by molar-refractivity contribution is -0.349. The first kappa shape index (κ1) is 50.0. The molecular weight excluding hydrogens is 796 g/mol. The van der Waals surface area contributed by atoms with Crippen LogP contribution in [0.25, 0.3) is 0 Å². The van der Waals surface area contributed by atoms with Crippen molar-refractivity contribution in [2.24, 2.45) is 16.2 Å². The maximum atomic E-state index is 13.6. The molecule has 4 rings (SSSR count). The van der Waals surface area contributed by atoms with Crippen molar-refractivity contribution in [1.82, 2.24) is 0 Å². The third kappa shape index (κ3) is 12.7. The van der Waals surface area contributed by atoms with Crippen LogP contribution in [0.2, 0.25) is 0 Å². The summed E-state index contributed by atoms with van der Waals surface area (Å²) in [6, 6.07) is 0. The summed E-state index contributed by atoms with van der Waals surface area (Å²) >= 11 is 0. The molecule has 3 N–H and O–H groups in total. The van der Waals surface area contributed by atoms with Gasteiger partial charge in [-0.25, -0.2) is 9.59 Å². The Morgan fingerprint density at radius 2 is 1.48 bits per heavy atom. The lowest BCUT2D eigenvalue weighted by Crippen LogP contribution is -2.62. The molecule has 61 heavy (non-hydrogen) atoms. The van der Waals surface area contributed by atoms with Crippen LogP contribution in [0.4, 0.5) is 0 Å². The molecule has 6 bridgehead atoms. The number of aliphatic hydroxyl groups is 3. The molecule has 16 nitrogen and oxygen atoms in total. The van der Waals surface area contributed by atoms with E-state index in [1.165, 1.54) is 26.4 Å². The fourth-order valence-corrected chi connectivity index (χ4v) is 8.19. The number of cyclic esters (lactones) is 1. The lowest BCUT2D eigenvalue weighted by Gasteiger charge is -2.54. The molecule has 4 heterocycles. The fourth-order valence-electron chi connectivity index (χ4n) is 8.19. The minimum absolute atomic E-state index is 0.0535. The summed E-state index contributed by atoms with van der Waals surface area (Å²) in [6.07, 6.45) is -1.73. The summed E-state index contributed by atoms with van der Waals surface area (Å²) in [6.45, 7) is 15.2. The van der Waals surface area contributed by atoms with E-state index in [0.717, 1.165) is 0 Å². The smallest absolute Gasteiger partial charge is 0.330 e. The maximum Gasteiger partial charge on any atom is 0.330 e. The standard InChI is InChI=1S/C45H68O16/c1-12-36(47)56-26(2)34-22-31-17-28(19-38(49)55-11)24-44(52,60-31)42(6,7)14-13-30-15-27(18-37(48)54-10)16-33(57-30)25-45(53)43(8,9)35(59-40(51)41(3,4)5)23-32(61-45)20-29(46)21-39(50)58-34/h13-14,18-19,26,29-35,46,52-53H,12,15-17,20-25H2,1-11H3/b14-13+,27-18+,28-19-/t26-,29-,30+,31+,32-,33+,34-,35+,44-,45+/m1/s1. The van der Waals surface area contributed by atoms with Crippen LogP contribution in [-0.4, -0.2) is 120 Å². The lowest BCUT2D eigenvalue weighted by atomic mass is 9.70. The Bertz CT molecular complexity index is 1700. The molecule has 0 aromatic carbocycles. The number of rotatable bonds is 6. The van der Waals surface area contributed by atoms with Gasteiger partial charge in [0.2, 0.25) is 0 Å². The van der Waals surface area contributed by atoms with Crippen LogP contribution in [0.1, 0.15) is 127 Å². The number of fused-ring (bicyclic) bond motifs is 6. The van der Waals surface area contributed by atoms with Crippen molar-refractivity contribution in [1.29, 1.82) is 0 Å². The molecule has 3 saturated heterocycles. The van der Waals surface area contributed by atoms with E-state index in [4.69, 9.17) is 37.9 Å². The SMILES string of the molecule is CCC(=O)O[C@H](C)[C@H]1C[C@@H]2C/C(=C/C(=O)OC)C[C@@](O)(O2)C(C)(C)/C=C/[C@H]2C/C(=C\C(=O)OC)C[C@@H](C[C@]3(O)O[C@H](C[C@@H](O)CC(=O)O1)C[C@H](OC(=O)C(C)(C)C)C3(C)C)O2. The number of hydrogen-bond donors (Lipinski definition) is 3. The monoisotopic (exact) mass is 864 g/mol. The van der Waals surface area contributed by atoms with Crippen LogP contribution in [0.3, 0.4) is 0 Å². The van der Waals surface area contributed by atoms with Crippen molar-refractivity contribution >= 4 is 29.8 Å². The van der Waals surface area contributed by atoms with Gasteiger partial charge in [-0.1, -0.05) is 57.9 Å². The molecule has 0 spiro atoms. The van der Waals surface area contributed by atoms with Gasteiger partial charge in [-0.15, -0.1) is 0 Å². The number of carbonyl (C=O) groups excluding carboxylic acids is 5. The second-order valence-electron chi connectivity index (χ2n) is 19.1. The Labute approximate surface area is 359 Å². The largest absolute Gasteiger partial charge is 0.466 e. The molecule has 0 unspecified atom stereocenters. The third-order valence-electron chi connectivity index (χ3n) is 12.3. The molecule has 16 heteroatoms. The Morgan fingerprint density at radius 3 is 2.08 bits per heavy atom. The molecule has 4 aliphatic heterocycles. The Hall–Kier alpha value is -3.67. The number of ether oxygens (including phenoxy) is 8. The van der Waals surface area contributed by atoms with E-state index in [9.17, 15) is 39.3 Å². The summed E-state index contributed by atoms with van der Waals surface area (Å²) < 4.78 is 46.9. The zero-order valence-electron chi connectivity index (χ0n) is 37.6. The van der Waals surface area contributed by atoms with Gasteiger partial charge >= 0.3 is 29.8 Å². The first-order valence-corrected chi connectivity index (χ1v) is 21.2. The Kier molecular flexibility index (Phi) is 16.2. The van der Waals surface area contributed by atoms with Gasteiger partial charge in [0.1, 0.15) is 18.3 Å². The molecule has 0 aromatic heterocycles. The number of aliphatic hydroxyl groups excluding tert-OH is 1. The summed E-state index contributed by atoms with van der Waals surface area (Å²) in [7, 11) is 2.51. The molecule has 10 atom stereocenters. The van der Waals surface area contributed by atoms with Crippen LogP contribution in [0.5, 0.6) is 0 Å². The average molecular weight is 865 g/mol. The van der Waals surface area contributed by atoms with Crippen molar-refractivity contribution in [3.05, 3.63) is 35.5 Å². The van der Waals surface area contributed by atoms with E-state index in [2.05, 4.69) is 0 Å². The zero-order valence-corrected chi connectivity index (χ0v) is 37.6. The highest BCUT2D eigenvalue weighted by molar-refractivity contribution is 5.83. The molecule has 0 radical (unpaired) electrons. The van der Waals surface area contributed by atoms with Gasteiger partial charge < -0.3 is 53.2 Å². The van der Waals surface area contributed by atoms with Crippen molar-refractivity contribution in [3.8, 4) is 0 Å². The van der Waals surface area contributed by atoms with Gasteiger partial charge in [-0.2, -0.15) is 0 Å². The van der Waals surface area contributed by atoms with Gasteiger partial charge in [0.15, 0.2) is 11.6 Å². The molecule has 0 saturated carbocycles. The van der Waals surface area contributed by atoms with Gasteiger partial charge in [-0.3, -0.25) is 14.4 Å². The molecule has 3 fully saturated rings. The second-order valence-corrected chi connectivity index (χ2v) is 19.1. The molecule has 0 amide bonds. The highest BCUT2D eigenvalue weighted by Gasteiger charge is 2.58. The minimum Gasteiger partial charge on any atom is -0.466 e. The summed E-state index contributed by atoms with van der Waals surface area (Å²) in [5.41, 5.74) is -2.14. The van der Waals surface area contributed by atoms with Crippen molar-refractivity contribution in [3.63, 3.8) is 0 Å². The number of hydrogen-bond acceptors (Lipinski definition) is 16. The minimum atomic E-state index is -2.03. The van der Waals surface area contributed by atoms with E-state index in [1.54, 1.807) is 74.5 Å². The van der Waals surface area contributed by atoms with Gasteiger partial charge in [0.05, 0.1) is 62.0 Å². The molecule has 0 aromatic rings. The predicted molar refractivity (Wildman–Crippen MR) is 218 cm³/mol. The van der Waals surface area contributed by atoms with Gasteiger partial charge in [-0.05, 0) is 47.0 Å². The van der Waals surface area contributed by atoms with Crippen LogP contribution in [0.15, 0.2) is 35.5 Å². The fraction of sp³-hybridized carbons (Fsp3) is 0.756. The van der Waals surface area contributed by atoms with Crippen molar-refractivity contribution in [2.75, 3.05) is 14.2 Å².